The number of carbonyl (C=O) groups excluding carboxylic acids is 1. The van der Waals surface area contributed by atoms with E-state index in [1.807, 2.05) is 0 Å². The minimum absolute atomic E-state index is 0.0131. The summed E-state index contributed by atoms with van der Waals surface area (Å²) in [5, 5.41) is 14.6. The lowest BCUT2D eigenvalue weighted by atomic mass is 10.1. The lowest BCUT2D eigenvalue weighted by molar-refractivity contribution is -0.169. The number of carbonyl (C=O) groups is 1. The molecular weight excluding hydrogens is 543 g/mol. The van der Waals surface area contributed by atoms with Crippen LogP contribution in [0.25, 0.3) is 16.6 Å². The monoisotopic (exact) mass is 561 g/mol. The van der Waals surface area contributed by atoms with E-state index < -0.39 is 24.2 Å². The maximum Gasteiger partial charge on any atom is 0.393 e. The predicted octanol–water partition coefficient (Wildman–Crippen LogP) is 3.96. The van der Waals surface area contributed by atoms with Crippen LogP contribution in [0.1, 0.15) is 12.8 Å². The van der Waals surface area contributed by atoms with Crippen LogP contribution in [-0.4, -0.2) is 69.2 Å². The number of nitrogens with zero attached hydrogens (tertiary/aromatic N) is 5. The predicted molar refractivity (Wildman–Crippen MR) is 122 cm³/mol. The summed E-state index contributed by atoms with van der Waals surface area (Å²) in [4.78, 5) is 20.7. The molecule has 3 heterocycles. The topological polar surface area (TPSA) is 93.4 Å². The van der Waals surface area contributed by atoms with Crippen LogP contribution >= 0.6 is 27.5 Å². The number of aromatic nitrogens is 4. The molecule has 34 heavy (non-hydrogen) atoms. The average Bonchev–Trinajstić information content (AvgIpc) is 3.47. The molecule has 1 saturated heterocycles. The van der Waals surface area contributed by atoms with Crippen LogP contribution in [0.5, 0.6) is 0 Å². The van der Waals surface area contributed by atoms with Gasteiger partial charge < -0.3 is 19.5 Å². The number of aliphatic hydroxyl groups is 1. The van der Waals surface area contributed by atoms with Crippen LogP contribution in [0.2, 0.25) is 5.02 Å². The molecule has 3 atom stereocenters. The Balaban J connectivity index is 1.70. The number of hydrogen-bond donors (Lipinski definition) is 1. The lowest BCUT2D eigenvalue weighted by Crippen LogP contribution is -2.34. The Morgan fingerprint density at radius 2 is 2.15 bits per heavy atom. The van der Waals surface area contributed by atoms with Crippen LogP contribution in [-0.2, 0) is 9.53 Å². The largest absolute Gasteiger partial charge is 0.393 e. The van der Waals surface area contributed by atoms with E-state index in [4.69, 9.17) is 16.3 Å². The third kappa shape index (κ3) is 5.35. The summed E-state index contributed by atoms with van der Waals surface area (Å²) < 4.78 is 48.5. The summed E-state index contributed by atoms with van der Waals surface area (Å²) in [5.74, 6) is -1.22. The molecule has 13 heteroatoms. The van der Waals surface area contributed by atoms with Gasteiger partial charge in [-0.1, -0.05) is 11.6 Å². The van der Waals surface area contributed by atoms with E-state index in [0.717, 1.165) is 0 Å². The molecule has 1 aliphatic heterocycles. The van der Waals surface area contributed by atoms with Gasteiger partial charge in [0.25, 0.3) is 0 Å². The number of aldehydes is 1. The van der Waals surface area contributed by atoms with Gasteiger partial charge in [-0.25, -0.2) is 14.6 Å². The number of alkyl halides is 3. The first-order chi connectivity index (χ1) is 16.2. The summed E-state index contributed by atoms with van der Waals surface area (Å²) in [6, 6.07) is 4.45. The van der Waals surface area contributed by atoms with Gasteiger partial charge in [0.05, 0.1) is 34.8 Å². The Bertz CT molecular complexity index is 1160. The van der Waals surface area contributed by atoms with E-state index in [-0.39, 0.29) is 32.6 Å². The number of anilines is 1. The second kappa shape index (κ2) is 10.1. The number of hydrogen-bond acceptors (Lipinski definition) is 7. The molecular formula is C21H20BrClF3N5O3. The third-order valence-electron chi connectivity index (χ3n) is 5.68. The Hall–Kier alpha value is -2.28. The molecule has 0 amide bonds. The maximum absolute atomic E-state index is 13.6. The summed E-state index contributed by atoms with van der Waals surface area (Å²) in [6.07, 6.45) is -2.41. The normalized spacial score (nSPS) is 19.6. The van der Waals surface area contributed by atoms with Gasteiger partial charge in [-0.05, 0) is 34.5 Å². The molecule has 0 aliphatic carbocycles. The highest BCUT2D eigenvalue weighted by Crippen LogP contribution is 2.40. The fourth-order valence-electron chi connectivity index (χ4n) is 3.94. The third-order valence-corrected chi connectivity index (χ3v) is 6.87. The molecule has 0 unspecified atom stereocenters. The highest BCUT2D eigenvalue weighted by Gasteiger charge is 2.48. The van der Waals surface area contributed by atoms with Crippen LogP contribution in [0, 0.1) is 5.92 Å². The van der Waals surface area contributed by atoms with Crippen molar-refractivity contribution in [3.05, 3.63) is 40.3 Å². The van der Waals surface area contributed by atoms with E-state index >= 15 is 0 Å². The highest BCUT2D eigenvalue weighted by atomic mass is 79.9. The minimum Gasteiger partial charge on any atom is -0.386 e. The maximum atomic E-state index is 13.6. The number of halogens is 5. The minimum atomic E-state index is -4.37. The van der Waals surface area contributed by atoms with Crippen molar-refractivity contribution in [1.82, 2.24) is 19.7 Å². The number of ether oxygens (including phenoxy) is 1. The fourth-order valence-corrected chi connectivity index (χ4v) is 4.44. The zero-order chi connectivity index (χ0) is 24.5. The highest BCUT2D eigenvalue weighted by molar-refractivity contribution is 9.10. The Kier molecular flexibility index (Phi) is 7.41. The van der Waals surface area contributed by atoms with Gasteiger partial charge in [-0.3, -0.25) is 0 Å². The first-order valence-electron chi connectivity index (χ1n) is 10.4. The van der Waals surface area contributed by atoms with Crippen molar-refractivity contribution in [2.75, 3.05) is 24.7 Å². The van der Waals surface area contributed by atoms with Crippen molar-refractivity contribution in [3.63, 3.8) is 0 Å². The van der Waals surface area contributed by atoms with E-state index in [1.54, 1.807) is 23.1 Å². The van der Waals surface area contributed by atoms with Gasteiger partial charge in [0, 0.05) is 35.5 Å². The quantitative estimate of drug-likeness (QED) is 0.328. The summed E-state index contributed by atoms with van der Waals surface area (Å²) >= 11 is 9.64. The Labute approximate surface area is 205 Å². The molecule has 0 radical (unpaired) electrons. The summed E-state index contributed by atoms with van der Waals surface area (Å²) in [7, 11) is 0. The second-order valence-electron chi connectivity index (χ2n) is 7.97. The standard InChI is InChI=1S/C21H20BrClF3N5O3/c22-16-5-18-15(4-17(16)23)19(31-11-27-10-28-31)6-20(29-18)30-7-12(21(24,25)26)3-13(30)9-34-2-1-14(33)8-32/h4-6,8,10-14,33H,1-3,7,9H2/t12-,13-,14+/m0/s1. The molecule has 1 fully saturated rings. The zero-order valence-corrected chi connectivity index (χ0v) is 20.0. The molecule has 2 aromatic heterocycles. The van der Waals surface area contributed by atoms with Crippen LogP contribution in [0.4, 0.5) is 19.0 Å². The van der Waals surface area contributed by atoms with E-state index in [1.165, 1.54) is 17.3 Å². The smallest absolute Gasteiger partial charge is 0.386 e. The first kappa shape index (κ1) is 24.8. The molecule has 3 aromatic rings. The Morgan fingerprint density at radius 3 is 2.82 bits per heavy atom. The van der Waals surface area contributed by atoms with Crippen molar-refractivity contribution in [2.45, 2.75) is 31.2 Å². The molecule has 1 aliphatic rings. The summed E-state index contributed by atoms with van der Waals surface area (Å²) in [5.41, 5.74) is 1.08. The fraction of sp³-hybridized carbons (Fsp3) is 0.429. The van der Waals surface area contributed by atoms with Gasteiger partial charge in [0.2, 0.25) is 0 Å². The molecule has 0 bridgehead atoms. The molecule has 0 spiro atoms. The zero-order valence-electron chi connectivity index (χ0n) is 17.6. The van der Waals surface area contributed by atoms with E-state index in [0.29, 0.717) is 38.2 Å². The van der Waals surface area contributed by atoms with E-state index in [9.17, 15) is 23.1 Å². The van der Waals surface area contributed by atoms with Gasteiger partial charge in [0.15, 0.2) is 0 Å². The molecule has 8 nitrogen and oxygen atoms in total. The molecule has 182 valence electrons. The van der Waals surface area contributed by atoms with Crippen LogP contribution < -0.4 is 4.90 Å². The van der Waals surface area contributed by atoms with Crippen LogP contribution in [0.3, 0.4) is 0 Å². The van der Waals surface area contributed by atoms with Gasteiger partial charge in [-0.15, -0.1) is 0 Å². The van der Waals surface area contributed by atoms with Gasteiger partial charge >= 0.3 is 6.18 Å². The number of aliphatic hydroxyl groups excluding tert-OH is 1. The second-order valence-corrected chi connectivity index (χ2v) is 9.23. The first-order valence-corrected chi connectivity index (χ1v) is 11.5. The SMILES string of the molecule is O=C[C@H](O)CCOC[C@@H]1C[C@H](C(F)(F)F)CN1c1cc(-n2cncn2)c2cc(Cl)c(Br)cc2n1. The number of rotatable bonds is 8. The lowest BCUT2D eigenvalue weighted by Gasteiger charge is -2.26. The van der Waals surface area contributed by atoms with Gasteiger partial charge in [-0.2, -0.15) is 18.3 Å². The van der Waals surface area contributed by atoms with Crippen molar-refractivity contribution in [1.29, 1.82) is 0 Å². The van der Waals surface area contributed by atoms with Gasteiger partial charge in [0.1, 0.15) is 30.9 Å². The number of benzene rings is 1. The molecule has 4 rings (SSSR count). The van der Waals surface area contributed by atoms with E-state index in [2.05, 4.69) is 31.0 Å². The molecule has 0 saturated carbocycles. The van der Waals surface area contributed by atoms with Crippen molar-refractivity contribution in [3.8, 4) is 5.69 Å². The van der Waals surface area contributed by atoms with Crippen molar-refractivity contribution >= 4 is 50.5 Å². The molecule has 1 N–H and O–H groups in total. The van der Waals surface area contributed by atoms with Crippen LogP contribution in [0.15, 0.2) is 35.3 Å². The molecule has 1 aromatic carbocycles. The number of pyridine rings is 1. The summed E-state index contributed by atoms with van der Waals surface area (Å²) in [6.45, 7) is -0.249. The van der Waals surface area contributed by atoms with Crippen molar-refractivity contribution < 1.29 is 27.8 Å². The number of fused-ring (bicyclic) bond motifs is 1. The Morgan fingerprint density at radius 1 is 1.35 bits per heavy atom. The average molecular weight is 563 g/mol. The van der Waals surface area contributed by atoms with Crippen molar-refractivity contribution in [2.24, 2.45) is 5.92 Å².